The Bertz CT molecular complexity index is 790. The SMILES string of the molecule is CS(=O)(=O)C1CCCC1Nc1ccc2oc(=O)[nH]c2c1. The molecule has 0 radical (unpaired) electrons. The van der Waals surface area contributed by atoms with E-state index in [2.05, 4.69) is 10.3 Å². The molecule has 0 spiro atoms. The van der Waals surface area contributed by atoms with Gasteiger partial charge in [0.1, 0.15) is 0 Å². The molecule has 1 aromatic heterocycles. The molecular formula is C13H16N2O4S. The van der Waals surface area contributed by atoms with Gasteiger partial charge >= 0.3 is 5.76 Å². The number of fused-ring (bicyclic) bond motifs is 1. The molecule has 0 amide bonds. The second-order valence-corrected chi connectivity index (χ2v) is 7.54. The molecule has 108 valence electrons. The highest BCUT2D eigenvalue weighted by Gasteiger charge is 2.34. The largest absolute Gasteiger partial charge is 0.417 e. The maximum absolute atomic E-state index is 11.7. The first kappa shape index (κ1) is 13.2. The lowest BCUT2D eigenvalue weighted by molar-refractivity contribution is 0.555. The molecule has 2 aromatic rings. The van der Waals surface area contributed by atoms with Gasteiger partial charge in [-0.2, -0.15) is 0 Å². The van der Waals surface area contributed by atoms with Crippen molar-refractivity contribution in [1.29, 1.82) is 0 Å². The third kappa shape index (κ3) is 2.45. The number of aromatic nitrogens is 1. The van der Waals surface area contributed by atoms with Crippen LogP contribution in [-0.4, -0.2) is 30.9 Å². The first-order valence-corrected chi connectivity index (χ1v) is 8.47. The predicted octanol–water partition coefficient (Wildman–Crippen LogP) is 1.50. The van der Waals surface area contributed by atoms with Gasteiger partial charge in [-0.3, -0.25) is 4.98 Å². The summed E-state index contributed by atoms with van der Waals surface area (Å²) in [5.74, 6) is -0.493. The molecule has 2 unspecified atom stereocenters. The molecule has 1 heterocycles. The minimum Gasteiger partial charge on any atom is -0.408 e. The molecule has 6 nitrogen and oxygen atoms in total. The summed E-state index contributed by atoms with van der Waals surface area (Å²) in [6, 6.07) is 5.16. The highest BCUT2D eigenvalue weighted by atomic mass is 32.2. The van der Waals surface area contributed by atoms with E-state index in [1.165, 1.54) is 6.26 Å². The minimum atomic E-state index is -3.05. The molecule has 0 bridgehead atoms. The number of nitrogens with one attached hydrogen (secondary N) is 2. The second-order valence-electron chi connectivity index (χ2n) is 5.28. The Kier molecular flexibility index (Phi) is 3.08. The van der Waals surface area contributed by atoms with Crippen molar-refractivity contribution >= 4 is 26.6 Å². The third-order valence-electron chi connectivity index (χ3n) is 3.77. The Labute approximate surface area is 116 Å². The van der Waals surface area contributed by atoms with E-state index >= 15 is 0 Å². The van der Waals surface area contributed by atoms with Gasteiger partial charge in [0.25, 0.3) is 0 Å². The summed E-state index contributed by atoms with van der Waals surface area (Å²) in [5.41, 5.74) is 1.88. The Hall–Kier alpha value is -1.76. The number of hydrogen-bond donors (Lipinski definition) is 2. The summed E-state index contributed by atoms with van der Waals surface area (Å²) in [5, 5.41) is 2.91. The van der Waals surface area contributed by atoms with E-state index in [1.54, 1.807) is 18.2 Å². The van der Waals surface area contributed by atoms with Crippen molar-refractivity contribution in [1.82, 2.24) is 4.98 Å². The van der Waals surface area contributed by atoms with Crippen molar-refractivity contribution in [3.8, 4) is 0 Å². The standard InChI is InChI=1S/C13H16N2O4S/c1-20(17,18)12-4-2-3-9(12)14-8-5-6-11-10(7-8)15-13(16)19-11/h5-7,9,12,14H,2-4H2,1H3,(H,15,16). The van der Waals surface area contributed by atoms with Crippen LogP contribution in [0.25, 0.3) is 11.1 Å². The van der Waals surface area contributed by atoms with Crippen LogP contribution in [0, 0.1) is 0 Å². The molecule has 1 aliphatic rings. The molecule has 1 aliphatic carbocycles. The number of aromatic amines is 1. The van der Waals surface area contributed by atoms with Crippen molar-refractivity contribution < 1.29 is 12.8 Å². The normalized spacial score (nSPS) is 23.2. The zero-order chi connectivity index (χ0) is 14.3. The number of anilines is 1. The van der Waals surface area contributed by atoms with E-state index in [-0.39, 0.29) is 11.3 Å². The minimum absolute atomic E-state index is 0.0823. The highest BCUT2D eigenvalue weighted by molar-refractivity contribution is 7.91. The fourth-order valence-electron chi connectivity index (χ4n) is 2.86. The van der Waals surface area contributed by atoms with Crippen molar-refractivity contribution in [2.45, 2.75) is 30.6 Å². The molecule has 20 heavy (non-hydrogen) atoms. The van der Waals surface area contributed by atoms with Crippen LogP contribution in [0.5, 0.6) is 0 Å². The second kappa shape index (κ2) is 4.66. The van der Waals surface area contributed by atoms with Gasteiger partial charge in [0, 0.05) is 18.0 Å². The fraction of sp³-hybridized carbons (Fsp3) is 0.462. The molecule has 2 N–H and O–H groups in total. The molecule has 0 saturated heterocycles. The van der Waals surface area contributed by atoms with Crippen LogP contribution < -0.4 is 11.1 Å². The summed E-state index contributed by atoms with van der Waals surface area (Å²) in [7, 11) is -3.05. The lowest BCUT2D eigenvalue weighted by Crippen LogP contribution is -2.34. The maximum Gasteiger partial charge on any atom is 0.417 e. The molecule has 1 saturated carbocycles. The van der Waals surface area contributed by atoms with E-state index in [1.807, 2.05) is 0 Å². The Morgan fingerprint density at radius 2 is 2.15 bits per heavy atom. The number of H-pyrrole nitrogens is 1. The number of benzene rings is 1. The van der Waals surface area contributed by atoms with Crippen molar-refractivity contribution in [3.05, 3.63) is 28.7 Å². The van der Waals surface area contributed by atoms with E-state index in [0.29, 0.717) is 17.5 Å². The van der Waals surface area contributed by atoms with E-state index in [0.717, 1.165) is 18.5 Å². The zero-order valence-electron chi connectivity index (χ0n) is 11.0. The Morgan fingerprint density at radius 3 is 2.90 bits per heavy atom. The van der Waals surface area contributed by atoms with Gasteiger partial charge in [0.15, 0.2) is 15.4 Å². The third-order valence-corrected chi connectivity index (χ3v) is 5.44. The summed E-state index contributed by atoms with van der Waals surface area (Å²) < 4.78 is 28.4. The van der Waals surface area contributed by atoms with Crippen LogP contribution in [0.3, 0.4) is 0 Å². The summed E-state index contributed by atoms with van der Waals surface area (Å²) in [6.07, 6.45) is 3.72. The van der Waals surface area contributed by atoms with Crippen LogP contribution in [0.4, 0.5) is 5.69 Å². The fourth-order valence-corrected chi connectivity index (χ4v) is 4.26. The molecular weight excluding hydrogens is 280 g/mol. The van der Waals surface area contributed by atoms with Gasteiger partial charge in [-0.25, -0.2) is 13.2 Å². The average molecular weight is 296 g/mol. The molecule has 0 aliphatic heterocycles. The van der Waals surface area contributed by atoms with Crippen molar-refractivity contribution in [3.63, 3.8) is 0 Å². The lowest BCUT2D eigenvalue weighted by atomic mass is 10.2. The van der Waals surface area contributed by atoms with E-state index < -0.39 is 15.6 Å². The van der Waals surface area contributed by atoms with Gasteiger partial charge in [0.2, 0.25) is 0 Å². The molecule has 3 rings (SSSR count). The lowest BCUT2D eigenvalue weighted by Gasteiger charge is -2.20. The van der Waals surface area contributed by atoms with Gasteiger partial charge < -0.3 is 9.73 Å². The van der Waals surface area contributed by atoms with Crippen LogP contribution in [-0.2, 0) is 9.84 Å². The highest BCUT2D eigenvalue weighted by Crippen LogP contribution is 2.28. The summed E-state index contributed by atoms with van der Waals surface area (Å²) in [6.45, 7) is 0. The van der Waals surface area contributed by atoms with E-state index in [9.17, 15) is 13.2 Å². The smallest absolute Gasteiger partial charge is 0.408 e. The van der Waals surface area contributed by atoms with Crippen LogP contribution in [0.15, 0.2) is 27.4 Å². The Balaban J connectivity index is 1.87. The number of rotatable bonds is 3. The van der Waals surface area contributed by atoms with Crippen LogP contribution in [0.1, 0.15) is 19.3 Å². The predicted molar refractivity (Wildman–Crippen MR) is 76.7 cm³/mol. The quantitative estimate of drug-likeness (QED) is 0.895. The number of oxazole rings is 1. The topological polar surface area (TPSA) is 92.2 Å². The first-order valence-electron chi connectivity index (χ1n) is 6.52. The van der Waals surface area contributed by atoms with Gasteiger partial charge in [-0.1, -0.05) is 0 Å². The average Bonchev–Trinajstić information content (AvgIpc) is 2.93. The molecule has 1 fully saturated rings. The maximum atomic E-state index is 11.7. The summed E-state index contributed by atoms with van der Waals surface area (Å²) >= 11 is 0. The first-order chi connectivity index (χ1) is 9.43. The Morgan fingerprint density at radius 1 is 1.35 bits per heavy atom. The molecule has 1 aromatic carbocycles. The monoisotopic (exact) mass is 296 g/mol. The molecule has 2 atom stereocenters. The van der Waals surface area contributed by atoms with Crippen molar-refractivity contribution in [2.24, 2.45) is 0 Å². The van der Waals surface area contributed by atoms with E-state index in [4.69, 9.17) is 4.42 Å². The number of hydrogen-bond acceptors (Lipinski definition) is 5. The van der Waals surface area contributed by atoms with Crippen LogP contribution >= 0.6 is 0 Å². The number of sulfone groups is 1. The van der Waals surface area contributed by atoms with Crippen LogP contribution in [0.2, 0.25) is 0 Å². The zero-order valence-corrected chi connectivity index (χ0v) is 11.9. The van der Waals surface area contributed by atoms with Crippen molar-refractivity contribution in [2.75, 3.05) is 11.6 Å². The van der Waals surface area contributed by atoms with Gasteiger partial charge in [0.05, 0.1) is 10.8 Å². The molecule has 7 heteroatoms. The summed E-state index contributed by atoms with van der Waals surface area (Å²) in [4.78, 5) is 13.7. The van der Waals surface area contributed by atoms with Gasteiger partial charge in [-0.15, -0.1) is 0 Å². The van der Waals surface area contributed by atoms with Gasteiger partial charge in [-0.05, 0) is 37.5 Å².